The fraction of sp³-hybridized carbons (Fsp3) is 0.818. The largest absolute Gasteiger partial charge is 0.355 e. The van der Waals surface area contributed by atoms with Crippen LogP contribution in [0.5, 0.6) is 0 Å². The van der Waals surface area contributed by atoms with Crippen molar-refractivity contribution in [1.29, 1.82) is 5.26 Å². The molecule has 1 aliphatic heterocycles. The third-order valence-electron chi connectivity index (χ3n) is 3.41. The lowest BCUT2D eigenvalue weighted by Crippen LogP contribution is -2.48. The lowest BCUT2D eigenvalue weighted by molar-refractivity contribution is 0.214. The Kier molecular flexibility index (Phi) is 2.81. The highest BCUT2D eigenvalue weighted by molar-refractivity contribution is 5.80. The van der Waals surface area contributed by atoms with Gasteiger partial charge in [0, 0.05) is 26.7 Å². The van der Waals surface area contributed by atoms with E-state index in [4.69, 9.17) is 5.26 Å². The van der Waals surface area contributed by atoms with Gasteiger partial charge in [-0.3, -0.25) is 4.99 Å². The second kappa shape index (κ2) is 4.09. The van der Waals surface area contributed by atoms with E-state index >= 15 is 0 Å². The van der Waals surface area contributed by atoms with Crippen LogP contribution in [0, 0.1) is 16.7 Å². The third kappa shape index (κ3) is 2.06. The summed E-state index contributed by atoms with van der Waals surface area (Å²) in [6.07, 6.45) is 4.39. The van der Waals surface area contributed by atoms with Crippen LogP contribution in [-0.2, 0) is 0 Å². The van der Waals surface area contributed by atoms with Crippen molar-refractivity contribution in [2.45, 2.75) is 25.7 Å². The maximum absolute atomic E-state index is 9.09. The molecule has 1 saturated carbocycles. The molecule has 2 rings (SSSR count). The fourth-order valence-corrected chi connectivity index (χ4v) is 2.09. The summed E-state index contributed by atoms with van der Waals surface area (Å²) >= 11 is 0. The Morgan fingerprint density at radius 3 is 2.87 bits per heavy atom. The predicted octanol–water partition coefficient (Wildman–Crippen LogP) is 0.961. The van der Waals surface area contributed by atoms with Gasteiger partial charge in [-0.2, -0.15) is 5.26 Å². The highest BCUT2D eigenvalue weighted by Crippen LogP contribution is 2.39. The van der Waals surface area contributed by atoms with Crippen LogP contribution in [0.4, 0.5) is 0 Å². The SMILES string of the molecule is CN1CCCN=C1NCC1(C#N)CCC1. The first kappa shape index (κ1) is 10.3. The van der Waals surface area contributed by atoms with E-state index in [9.17, 15) is 0 Å². The number of aliphatic imine (C=N–C) groups is 1. The molecule has 2 aliphatic rings. The Morgan fingerprint density at radius 1 is 1.53 bits per heavy atom. The first-order valence-electron chi connectivity index (χ1n) is 5.66. The number of nitrogens with zero attached hydrogens (tertiary/aromatic N) is 3. The lowest BCUT2D eigenvalue weighted by Gasteiger charge is -2.37. The second-order valence-electron chi connectivity index (χ2n) is 4.58. The quantitative estimate of drug-likeness (QED) is 0.732. The van der Waals surface area contributed by atoms with Gasteiger partial charge in [0.25, 0.3) is 0 Å². The Hall–Kier alpha value is -1.24. The second-order valence-corrected chi connectivity index (χ2v) is 4.58. The normalized spacial score (nSPS) is 23.7. The molecule has 0 amide bonds. The number of hydrogen-bond donors (Lipinski definition) is 1. The molecule has 0 unspecified atom stereocenters. The predicted molar refractivity (Wildman–Crippen MR) is 59.4 cm³/mol. The van der Waals surface area contributed by atoms with Gasteiger partial charge in [0.05, 0.1) is 11.5 Å². The van der Waals surface area contributed by atoms with Gasteiger partial charge < -0.3 is 10.2 Å². The van der Waals surface area contributed by atoms with E-state index in [-0.39, 0.29) is 5.41 Å². The van der Waals surface area contributed by atoms with Crippen molar-refractivity contribution in [1.82, 2.24) is 10.2 Å². The van der Waals surface area contributed by atoms with Crippen LogP contribution in [0.25, 0.3) is 0 Å². The molecule has 1 fully saturated rings. The zero-order valence-corrected chi connectivity index (χ0v) is 9.29. The molecule has 82 valence electrons. The maximum Gasteiger partial charge on any atom is 0.193 e. The fourth-order valence-electron chi connectivity index (χ4n) is 2.09. The van der Waals surface area contributed by atoms with Gasteiger partial charge in [0.1, 0.15) is 0 Å². The van der Waals surface area contributed by atoms with Crippen molar-refractivity contribution in [3.05, 3.63) is 0 Å². The van der Waals surface area contributed by atoms with Crippen LogP contribution >= 0.6 is 0 Å². The maximum atomic E-state index is 9.09. The smallest absolute Gasteiger partial charge is 0.193 e. The van der Waals surface area contributed by atoms with Gasteiger partial charge in [-0.15, -0.1) is 0 Å². The van der Waals surface area contributed by atoms with Gasteiger partial charge in [0.15, 0.2) is 5.96 Å². The molecule has 0 aromatic heterocycles. The monoisotopic (exact) mass is 206 g/mol. The summed E-state index contributed by atoms with van der Waals surface area (Å²) < 4.78 is 0. The van der Waals surface area contributed by atoms with E-state index in [1.807, 2.05) is 7.05 Å². The van der Waals surface area contributed by atoms with Crippen molar-refractivity contribution in [3.8, 4) is 6.07 Å². The van der Waals surface area contributed by atoms with Crippen LogP contribution in [0.1, 0.15) is 25.7 Å². The number of guanidine groups is 1. The average molecular weight is 206 g/mol. The Bertz CT molecular complexity index is 298. The van der Waals surface area contributed by atoms with Crippen molar-refractivity contribution in [2.75, 3.05) is 26.7 Å². The molecular weight excluding hydrogens is 188 g/mol. The van der Waals surface area contributed by atoms with Gasteiger partial charge in [-0.25, -0.2) is 0 Å². The summed E-state index contributed by atoms with van der Waals surface area (Å²) in [4.78, 5) is 6.56. The van der Waals surface area contributed by atoms with E-state index < -0.39 is 0 Å². The molecule has 1 aliphatic carbocycles. The minimum atomic E-state index is -0.110. The standard InChI is InChI=1S/C11H18N4/c1-15-7-3-6-13-10(15)14-9-11(8-12)4-2-5-11/h2-7,9H2,1H3,(H,13,14). The van der Waals surface area contributed by atoms with Crippen LogP contribution in [0.3, 0.4) is 0 Å². The summed E-state index contributed by atoms with van der Waals surface area (Å²) in [7, 11) is 2.05. The molecule has 0 atom stereocenters. The first-order valence-corrected chi connectivity index (χ1v) is 5.66. The summed E-state index contributed by atoms with van der Waals surface area (Å²) in [6, 6.07) is 2.43. The van der Waals surface area contributed by atoms with E-state index in [0.29, 0.717) is 0 Å². The van der Waals surface area contributed by atoms with E-state index in [1.54, 1.807) is 0 Å². The molecular formula is C11H18N4. The molecule has 0 radical (unpaired) electrons. The molecule has 0 spiro atoms. The van der Waals surface area contributed by atoms with Crippen LogP contribution in [0.2, 0.25) is 0 Å². The summed E-state index contributed by atoms with van der Waals surface area (Å²) in [5.74, 6) is 0.961. The average Bonchev–Trinajstić information content (AvgIpc) is 2.19. The Balaban J connectivity index is 1.87. The van der Waals surface area contributed by atoms with Crippen LogP contribution in [-0.4, -0.2) is 37.5 Å². The van der Waals surface area contributed by atoms with Gasteiger partial charge in [-0.1, -0.05) is 6.42 Å². The van der Waals surface area contributed by atoms with Gasteiger partial charge in [0.2, 0.25) is 0 Å². The highest BCUT2D eigenvalue weighted by atomic mass is 15.3. The Labute approximate surface area is 91.0 Å². The van der Waals surface area contributed by atoms with E-state index in [1.165, 1.54) is 6.42 Å². The topological polar surface area (TPSA) is 51.4 Å². The molecule has 0 saturated heterocycles. The molecule has 15 heavy (non-hydrogen) atoms. The number of nitrogens with one attached hydrogen (secondary N) is 1. The van der Waals surface area contributed by atoms with Crippen molar-refractivity contribution >= 4 is 5.96 Å². The molecule has 4 nitrogen and oxygen atoms in total. The van der Waals surface area contributed by atoms with Crippen LogP contribution in [0.15, 0.2) is 4.99 Å². The zero-order valence-electron chi connectivity index (χ0n) is 9.29. The molecule has 1 N–H and O–H groups in total. The molecule has 0 aromatic rings. The minimum absolute atomic E-state index is 0.110. The number of nitriles is 1. The first-order chi connectivity index (χ1) is 7.26. The molecule has 1 heterocycles. The minimum Gasteiger partial charge on any atom is -0.355 e. The number of rotatable bonds is 2. The molecule has 0 aromatic carbocycles. The van der Waals surface area contributed by atoms with E-state index in [0.717, 1.165) is 44.9 Å². The molecule has 4 heteroatoms. The van der Waals surface area contributed by atoms with Crippen molar-refractivity contribution in [2.24, 2.45) is 10.4 Å². The van der Waals surface area contributed by atoms with Gasteiger partial charge >= 0.3 is 0 Å². The van der Waals surface area contributed by atoms with Gasteiger partial charge in [-0.05, 0) is 19.3 Å². The van der Waals surface area contributed by atoms with Crippen molar-refractivity contribution in [3.63, 3.8) is 0 Å². The van der Waals surface area contributed by atoms with Crippen molar-refractivity contribution < 1.29 is 0 Å². The third-order valence-corrected chi connectivity index (χ3v) is 3.41. The zero-order chi connectivity index (χ0) is 10.7. The van der Waals surface area contributed by atoms with Crippen LogP contribution < -0.4 is 5.32 Å². The lowest BCUT2D eigenvalue weighted by atomic mass is 9.70. The highest BCUT2D eigenvalue weighted by Gasteiger charge is 2.37. The summed E-state index contributed by atoms with van der Waals surface area (Å²) in [5.41, 5.74) is -0.110. The Morgan fingerprint density at radius 2 is 2.33 bits per heavy atom. The molecule has 0 bridgehead atoms. The van der Waals surface area contributed by atoms with E-state index in [2.05, 4.69) is 21.3 Å². The number of hydrogen-bond acceptors (Lipinski definition) is 4. The summed E-state index contributed by atoms with van der Waals surface area (Å²) in [5, 5.41) is 12.4. The summed E-state index contributed by atoms with van der Waals surface area (Å²) in [6.45, 7) is 2.73.